The fraction of sp³-hybridized carbons (Fsp3) is 0.353. The van der Waals surface area contributed by atoms with Crippen LogP contribution in [0, 0.1) is 0 Å². The minimum absolute atomic E-state index is 0.0413. The summed E-state index contributed by atoms with van der Waals surface area (Å²) in [6.07, 6.45) is 7.19. The number of rotatable bonds is 6. The summed E-state index contributed by atoms with van der Waals surface area (Å²) in [5, 5.41) is 19.6. The lowest BCUT2D eigenvalue weighted by molar-refractivity contribution is 0.112. The molecule has 0 unspecified atom stereocenters. The van der Waals surface area contributed by atoms with Gasteiger partial charge in [-0.2, -0.15) is 0 Å². The van der Waals surface area contributed by atoms with E-state index in [1.54, 1.807) is 0 Å². The molecule has 1 rings (SSSR count). The second-order valence-corrected chi connectivity index (χ2v) is 5.23. The van der Waals surface area contributed by atoms with E-state index in [0.29, 0.717) is 18.3 Å². The van der Waals surface area contributed by atoms with Crippen molar-refractivity contribution < 1.29 is 15.0 Å². The molecule has 0 fully saturated rings. The average molecular weight is 274 g/mol. The Morgan fingerprint density at radius 1 is 1.10 bits per heavy atom. The molecule has 0 spiro atoms. The molecule has 1 aromatic carbocycles. The van der Waals surface area contributed by atoms with E-state index in [0.717, 1.165) is 12.8 Å². The van der Waals surface area contributed by atoms with Gasteiger partial charge in [-0.3, -0.25) is 4.79 Å². The van der Waals surface area contributed by atoms with Crippen LogP contribution in [0.5, 0.6) is 11.5 Å². The first-order valence-electron chi connectivity index (χ1n) is 6.73. The zero-order chi connectivity index (χ0) is 15.1. The summed E-state index contributed by atoms with van der Waals surface area (Å²) in [4.78, 5) is 10.6. The predicted molar refractivity (Wildman–Crippen MR) is 81.3 cm³/mol. The lowest BCUT2D eigenvalue weighted by atomic mass is 10.0. The van der Waals surface area contributed by atoms with Gasteiger partial charge in [0.15, 0.2) is 0 Å². The summed E-state index contributed by atoms with van der Waals surface area (Å²) >= 11 is 0. The Bertz CT molecular complexity index is 512. The predicted octanol–water partition coefficient (Wildman–Crippen LogP) is 4.15. The zero-order valence-electron chi connectivity index (χ0n) is 12.3. The zero-order valence-corrected chi connectivity index (χ0v) is 12.3. The van der Waals surface area contributed by atoms with Crippen LogP contribution in [0.2, 0.25) is 0 Å². The van der Waals surface area contributed by atoms with Crippen LogP contribution in [0.1, 0.15) is 49.5 Å². The Morgan fingerprint density at radius 2 is 1.70 bits per heavy atom. The first-order valence-corrected chi connectivity index (χ1v) is 6.73. The van der Waals surface area contributed by atoms with Crippen molar-refractivity contribution in [3.05, 3.63) is 46.6 Å². The molecule has 108 valence electrons. The monoisotopic (exact) mass is 274 g/mol. The van der Waals surface area contributed by atoms with Crippen molar-refractivity contribution in [2.75, 3.05) is 0 Å². The number of benzene rings is 1. The molecule has 0 saturated carbocycles. The summed E-state index contributed by atoms with van der Waals surface area (Å²) < 4.78 is 0. The van der Waals surface area contributed by atoms with Crippen LogP contribution in [-0.2, 0) is 6.42 Å². The van der Waals surface area contributed by atoms with Gasteiger partial charge in [0.25, 0.3) is 0 Å². The highest BCUT2D eigenvalue weighted by Crippen LogP contribution is 2.29. The number of hydrogen-bond acceptors (Lipinski definition) is 3. The van der Waals surface area contributed by atoms with Gasteiger partial charge in [0.2, 0.25) is 0 Å². The van der Waals surface area contributed by atoms with Gasteiger partial charge in [0.1, 0.15) is 17.8 Å². The molecular weight excluding hydrogens is 252 g/mol. The van der Waals surface area contributed by atoms with Crippen LogP contribution in [0.25, 0.3) is 0 Å². The highest BCUT2D eigenvalue weighted by molar-refractivity contribution is 5.77. The molecule has 1 aromatic rings. The largest absolute Gasteiger partial charge is 0.507 e. The van der Waals surface area contributed by atoms with E-state index in [-0.39, 0.29) is 17.1 Å². The maximum absolute atomic E-state index is 10.6. The smallest absolute Gasteiger partial charge is 0.150 e. The van der Waals surface area contributed by atoms with E-state index in [2.05, 4.69) is 19.9 Å². The number of carbonyl (C=O) groups is 1. The Labute approximate surface area is 120 Å². The van der Waals surface area contributed by atoms with E-state index < -0.39 is 0 Å². The quantitative estimate of drug-likeness (QED) is 0.605. The highest BCUT2D eigenvalue weighted by atomic mass is 16.3. The fourth-order valence-electron chi connectivity index (χ4n) is 1.91. The van der Waals surface area contributed by atoms with Crippen LogP contribution >= 0.6 is 0 Å². The van der Waals surface area contributed by atoms with Gasteiger partial charge in [-0.1, -0.05) is 23.3 Å². The summed E-state index contributed by atoms with van der Waals surface area (Å²) in [7, 11) is 0. The summed E-state index contributed by atoms with van der Waals surface area (Å²) in [5.41, 5.74) is 3.24. The van der Waals surface area contributed by atoms with Crippen molar-refractivity contribution in [1.82, 2.24) is 0 Å². The Hall–Kier alpha value is -2.03. The van der Waals surface area contributed by atoms with Crippen LogP contribution in [0.3, 0.4) is 0 Å². The van der Waals surface area contributed by atoms with E-state index in [1.165, 1.54) is 23.3 Å². The number of phenols is 2. The normalized spacial score (nSPS) is 11.2. The summed E-state index contributed by atoms with van der Waals surface area (Å²) in [6, 6.07) is 2.74. The van der Waals surface area contributed by atoms with Gasteiger partial charge in [-0.25, -0.2) is 0 Å². The first-order chi connectivity index (χ1) is 9.43. The number of carbonyl (C=O) groups excluding carboxylic acids is 1. The molecule has 0 radical (unpaired) electrons. The number of aldehydes is 1. The summed E-state index contributed by atoms with van der Waals surface area (Å²) in [6.45, 7) is 6.18. The van der Waals surface area contributed by atoms with Crippen molar-refractivity contribution >= 4 is 6.29 Å². The third-order valence-electron chi connectivity index (χ3n) is 3.11. The molecule has 0 saturated heterocycles. The van der Waals surface area contributed by atoms with Crippen molar-refractivity contribution in [2.45, 2.75) is 40.0 Å². The Balaban J connectivity index is 2.74. The van der Waals surface area contributed by atoms with Gasteiger partial charge >= 0.3 is 0 Å². The molecule has 0 bridgehead atoms. The first kappa shape index (κ1) is 16.0. The fourth-order valence-corrected chi connectivity index (χ4v) is 1.91. The van der Waals surface area contributed by atoms with Gasteiger partial charge in [0, 0.05) is 11.1 Å². The van der Waals surface area contributed by atoms with Crippen LogP contribution in [0.4, 0.5) is 0 Å². The summed E-state index contributed by atoms with van der Waals surface area (Å²) in [5.74, 6) is -0.0825. The maximum Gasteiger partial charge on any atom is 0.150 e. The average Bonchev–Trinajstić information content (AvgIpc) is 2.36. The molecular formula is C17H22O3. The van der Waals surface area contributed by atoms with Gasteiger partial charge in [-0.05, 0) is 52.2 Å². The van der Waals surface area contributed by atoms with E-state index >= 15 is 0 Å². The lowest BCUT2D eigenvalue weighted by Gasteiger charge is -2.07. The molecule has 3 nitrogen and oxygen atoms in total. The topological polar surface area (TPSA) is 57.5 Å². The van der Waals surface area contributed by atoms with Gasteiger partial charge < -0.3 is 10.2 Å². The molecule has 2 N–H and O–H groups in total. The van der Waals surface area contributed by atoms with Crippen LogP contribution in [-0.4, -0.2) is 16.5 Å². The SMILES string of the molecule is CC(C)=CCCC(C)=CCc1c(O)cc(C=O)cc1O. The Morgan fingerprint density at radius 3 is 2.20 bits per heavy atom. The molecule has 0 aromatic heterocycles. The van der Waals surface area contributed by atoms with Crippen molar-refractivity contribution in [2.24, 2.45) is 0 Å². The molecule has 3 heteroatoms. The van der Waals surface area contributed by atoms with Crippen molar-refractivity contribution in [3.63, 3.8) is 0 Å². The third-order valence-corrected chi connectivity index (χ3v) is 3.11. The number of hydrogen-bond donors (Lipinski definition) is 2. The molecule has 0 aliphatic rings. The van der Waals surface area contributed by atoms with Gasteiger partial charge in [0.05, 0.1) is 0 Å². The third kappa shape index (κ3) is 4.92. The lowest BCUT2D eigenvalue weighted by Crippen LogP contribution is -1.89. The second kappa shape index (κ2) is 7.53. The van der Waals surface area contributed by atoms with Crippen LogP contribution < -0.4 is 0 Å². The molecule has 20 heavy (non-hydrogen) atoms. The number of aromatic hydroxyl groups is 2. The molecule has 0 atom stereocenters. The van der Waals surface area contributed by atoms with E-state index in [9.17, 15) is 15.0 Å². The van der Waals surface area contributed by atoms with Crippen molar-refractivity contribution in [1.29, 1.82) is 0 Å². The van der Waals surface area contributed by atoms with Gasteiger partial charge in [-0.15, -0.1) is 0 Å². The van der Waals surface area contributed by atoms with E-state index in [4.69, 9.17) is 0 Å². The number of allylic oxidation sites excluding steroid dienone is 4. The molecule has 0 heterocycles. The second-order valence-electron chi connectivity index (χ2n) is 5.23. The minimum atomic E-state index is -0.0413. The molecule has 0 aliphatic heterocycles. The Kier molecular flexibility index (Phi) is 6.04. The number of phenolic OH excluding ortho intramolecular Hbond substituents is 2. The minimum Gasteiger partial charge on any atom is -0.507 e. The molecule has 0 amide bonds. The highest BCUT2D eigenvalue weighted by Gasteiger charge is 2.08. The van der Waals surface area contributed by atoms with Crippen LogP contribution in [0.15, 0.2) is 35.4 Å². The van der Waals surface area contributed by atoms with E-state index in [1.807, 2.05) is 13.0 Å². The standard InChI is InChI=1S/C17H22O3/c1-12(2)5-4-6-13(3)7-8-15-16(19)9-14(11-18)10-17(15)20/h5,7,9-11,19-20H,4,6,8H2,1-3H3. The van der Waals surface area contributed by atoms with Crippen molar-refractivity contribution in [3.8, 4) is 11.5 Å². The molecule has 0 aliphatic carbocycles. The maximum atomic E-state index is 10.6.